The largest absolute Gasteiger partial charge is 0.310 e. The topological polar surface area (TPSA) is 8.17 Å². The average molecular weight is 851 g/mol. The Labute approximate surface area is 378 Å². The van der Waals surface area contributed by atoms with Crippen molar-refractivity contribution in [2.45, 2.75) is 0 Å². The van der Waals surface area contributed by atoms with Crippen LogP contribution in [0.5, 0.6) is 0 Å². The predicted octanol–water partition coefficient (Wildman–Crippen LogP) is 13.7. The third kappa shape index (κ3) is 6.22. The van der Waals surface area contributed by atoms with E-state index in [-0.39, 0.29) is 0 Å². The summed E-state index contributed by atoms with van der Waals surface area (Å²) in [6.07, 6.45) is 0. The molecule has 0 saturated heterocycles. The zero-order chi connectivity index (χ0) is 42.5. The van der Waals surface area contributed by atoms with Gasteiger partial charge < -0.3 is 9.47 Å². The molecular weight excluding hydrogens is 809 g/mol. The van der Waals surface area contributed by atoms with E-state index in [1.807, 2.05) is 11.3 Å². The molecule has 0 aliphatic heterocycles. The zero-order valence-electron chi connectivity index (χ0n) is 35.1. The maximum atomic E-state index is 2.47. The maximum Gasteiger partial charge on any atom is 0.179 e. The Morgan fingerprint density at radius 3 is 1.56 bits per heavy atom. The summed E-state index contributed by atoms with van der Waals surface area (Å²) in [6, 6.07) is 94.2. The van der Waals surface area contributed by atoms with E-state index in [2.05, 4.69) is 264 Å². The van der Waals surface area contributed by atoms with Crippen LogP contribution in [-0.4, -0.2) is 12.6 Å². The number of anilines is 3. The summed E-state index contributed by atoms with van der Waals surface area (Å²) in [7, 11) is -2.70. The standard InChI is InChI=1S/C60H42N2SSi/c1-5-20-45(21-6-1)62-55-31-15-13-30-53(55)60-56(32-18-33-57(60)62)61(47-39-40-59-54(42-47)52-29-14-16-34-58(52)63-59)46-37-35-43(36-38-46)44-19-17-28-51(41-44)64(48-22-7-2-8-23-48,49-24-9-3-10-25-49)50-26-11-4-12-27-50/h1-42H. The van der Waals surface area contributed by atoms with Crippen LogP contribution in [0.3, 0.4) is 0 Å². The Balaban J connectivity index is 1.04. The third-order valence-corrected chi connectivity index (χ3v) is 18.9. The van der Waals surface area contributed by atoms with Crippen molar-refractivity contribution in [1.29, 1.82) is 0 Å². The van der Waals surface area contributed by atoms with E-state index in [1.54, 1.807) is 0 Å². The molecule has 2 aromatic heterocycles. The van der Waals surface area contributed by atoms with Gasteiger partial charge in [-0.15, -0.1) is 11.3 Å². The lowest BCUT2D eigenvalue weighted by molar-refractivity contribution is 1.18. The van der Waals surface area contributed by atoms with Crippen LogP contribution in [-0.2, 0) is 0 Å². The number of hydrogen-bond acceptors (Lipinski definition) is 2. The van der Waals surface area contributed by atoms with Crippen LogP contribution in [0.1, 0.15) is 0 Å². The minimum absolute atomic E-state index is 1.10. The Kier molecular flexibility index (Phi) is 9.40. The lowest BCUT2D eigenvalue weighted by Gasteiger charge is -2.34. The first-order valence-electron chi connectivity index (χ1n) is 21.9. The molecule has 0 aliphatic rings. The van der Waals surface area contributed by atoms with Gasteiger partial charge in [-0.2, -0.15) is 0 Å². The zero-order valence-corrected chi connectivity index (χ0v) is 36.9. The van der Waals surface area contributed by atoms with E-state index in [0.29, 0.717) is 0 Å². The van der Waals surface area contributed by atoms with Gasteiger partial charge >= 0.3 is 0 Å². The Hall–Kier alpha value is -7.76. The van der Waals surface area contributed by atoms with Gasteiger partial charge in [-0.1, -0.05) is 188 Å². The van der Waals surface area contributed by atoms with Gasteiger partial charge in [-0.05, 0) is 98.6 Å². The summed E-state index contributed by atoms with van der Waals surface area (Å²) in [5.41, 5.74) is 9.26. The van der Waals surface area contributed by atoms with E-state index in [4.69, 9.17) is 0 Å². The van der Waals surface area contributed by atoms with Crippen LogP contribution >= 0.6 is 11.3 Å². The van der Waals surface area contributed by atoms with Gasteiger partial charge in [-0.25, -0.2) is 0 Å². The fraction of sp³-hybridized carbons (Fsp3) is 0. The molecule has 0 fully saturated rings. The first-order valence-corrected chi connectivity index (χ1v) is 24.7. The second kappa shape index (κ2) is 15.9. The number of thiophene rings is 1. The maximum absolute atomic E-state index is 2.70. The molecule has 2 heterocycles. The number of rotatable bonds is 9. The third-order valence-electron chi connectivity index (χ3n) is 12.9. The number of aromatic nitrogens is 1. The van der Waals surface area contributed by atoms with E-state index < -0.39 is 8.07 Å². The molecule has 0 amide bonds. The van der Waals surface area contributed by atoms with Crippen LogP contribution in [0.25, 0.3) is 58.8 Å². The first-order chi connectivity index (χ1) is 31.8. The van der Waals surface area contributed by atoms with Crippen molar-refractivity contribution in [1.82, 2.24) is 4.57 Å². The second-order valence-corrected chi connectivity index (χ2v) is 21.3. The molecule has 0 saturated carbocycles. The van der Waals surface area contributed by atoms with Gasteiger partial charge in [0.2, 0.25) is 0 Å². The number of fused-ring (bicyclic) bond motifs is 6. The summed E-state index contributed by atoms with van der Waals surface area (Å²) < 4.78 is 5.00. The van der Waals surface area contributed by atoms with Crippen molar-refractivity contribution in [2.24, 2.45) is 0 Å². The van der Waals surface area contributed by atoms with Gasteiger partial charge in [0.25, 0.3) is 0 Å². The van der Waals surface area contributed by atoms with Crippen molar-refractivity contribution >= 4 is 99.2 Å². The Bertz CT molecular complexity index is 3500. The van der Waals surface area contributed by atoms with Crippen LogP contribution in [0.2, 0.25) is 0 Å². The molecule has 12 aromatic rings. The van der Waals surface area contributed by atoms with Crippen molar-refractivity contribution < 1.29 is 0 Å². The van der Waals surface area contributed by atoms with Gasteiger partial charge in [-0.3, -0.25) is 0 Å². The monoisotopic (exact) mass is 850 g/mol. The molecule has 0 atom stereocenters. The molecule has 0 N–H and O–H groups in total. The second-order valence-electron chi connectivity index (χ2n) is 16.4. The normalized spacial score (nSPS) is 11.8. The molecule has 0 aliphatic carbocycles. The number of para-hydroxylation sites is 2. The molecule has 0 unspecified atom stereocenters. The molecular formula is C60H42N2SSi. The lowest BCUT2D eigenvalue weighted by Crippen LogP contribution is -2.74. The highest BCUT2D eigenvalue weighted by molar-refractivity contribution is 7.25. The van der Waals surface area contributed by atoms with Crippen molar-refractivity contribution in [2.75, 3.05) is 4.90 Å². The summed E-state index contributed by atoms with van der Waals surface area (Å²) in [6.45, 7) is 0. The highest BCUT2D eigenvalue weighted by Gasteiger charge is 2.41. The molecule has 2 nitrogen and oxygen atoms in total. The SMILES string of the molecule is c1ccc(-n2c3ccccc3c3c(N(c4ccc(-c5cccc([Si](c6ccccc6)(c6ccccc6)c6ccccc6)c5)cc4)c4ccc5sc6ccccc6c5c4)cccc32)cc1. The van der Waals surface area contributed by atoms with E-state index in [9.17, 15) is 0 Å². The number of hydrogen-bond donors (Lipinski definition) is 0. The molecule has 12 rings (SSSR count). The fourth-order valence-corrected chi connectivity index (χ4v) is 16.0. The molecule has 302 valence electrons. The van der Waals surface area contributed by atoms with Gasteiger partial charge in [0.15, 0.2) is 8.07 Å². The Morgan fingerprint density at radius 1 is 0.344 bits per heavy atom. The molecule has 64 heavy (non-hydrogen) atoms. The lowest BCUT2D eigenvalue weighted by atomic mass is 10.0. The summed E-state index contributed by atoms with van der Waals surface area (Å²) in [5, 5.41) is 10.5. The quantitative estimate of drug-likeness (QED) is 0.104. The molecule has 4 heteroatoms. The van der Waals surface area contributed by atoms with E-state index in [1.165, 1.54) is 73.9 Å². The molecule has 10 aromatic carbocycles. The van der Waals surface area contributed by atoms with E-state index in [0.717, 1.165) is 22.7 Å². The fourth-order valence-electron chi connectivity index (χ4n) is 10.1. The number of nitrogens with zero attached hydrogens (tertiary/aromatic N) is 2. The molecule has 0 bridgehead atoms. The summed E-state index contributed by atoms with van der Waals surface area (Å²) in [4.78, 5) is 2.47. The van der Waals surface area contributed by atoms with Crippen molar-refractivity contribution in [3.63, 3.8) is 0 Å². The minimum atomic E-state index is -2.70. The molecule has 0 spiro atoms. The average Bonchev–Trinajstić information content (AvgIpc) is 3.92. The van der Waals surface area contributed by atoms with Crippen LogP contribution < -0.4 is 25.6 Å². The molecule has 0 radical (unpaired) electrons. The van der Waals surface area contributed by atoms with Crippen LogP contribution in [0.4, 0.5) is 17.1 Å². The van der Waals surface area contributed by atoms with Crippen molar-refractivity contribution in [3.8, 4) is 16.8 Å². The highest BCUT2D eigenvalue weighted by atomic mass is 32.1. The van der Waals surface area contributed by atoms with E-state index >= 15 is 0 Å². The number of benzene rings is 10. The van der Waals surface area contributed by atoms with Crippen molar-refractivity contribution in [3.05, 3.63) is 255 Å². The Morgan fingerprint density at radius 2 is 0.875 bits per heavy atom. The highest BCUT2D eigenvalue weighted by Crippen LogP contribution is 2.46. The smallest absolute Gasteiger partial charge is 0.179 e. The minimum Gasteiger partial charge on any atom is -0.310 e. The summed E-state index contributed by atoms with van der Waals surface area (Å²) >= 11 is 1.86. The van der Waals surface area contributed by atoms with Gasteiger partial charge in [0, 0.05) is 48.0 Å². The van der Waals surface area contributed by atoms with Crippen LogP contribution in [0, 0.1) is 0 Å². The predicted molar refractivity (Wildman–Crippen MR) is 277 cm³/mol. The van der Waals surface area contributed by atoms with Gasteiger partial charge in [0.05, 0.1) is 16.7 Å². The van der Waals surface area contributed by atoms with Gasteiger partial charge in [0.1, 0.15) is 0 Å². The summed E-state index contributed by atoms with van der Waals surface area (Å²) in [5.74, 6) is 0. The first kappa shape index (κ1) is 38.0. The van der Waals surface area contributed by atoms with Crippen LogP contribution in [0.15, 0.2) is 255 Å².